The topological polar surface area (TPSA) is 26.3 Å². The monoisotopic (exact) mass is 282 g/mol. The summed E-state index contributed by atoms with van der Waals surface area (Å²) in [6, 6.07) is 0. The molecule has 2 nitrogen and oxygen atoms in total. The predicted molar refractivity (Wildman–Crippen MR) is 85.0 cm³/mol. The molecule has 1 aliphatic rings. The first-order valence-electron chi connectivity index (χ1n) is 8.92. The van der Waals surface area contributed by atoms with Crippen LogP contribution in [0.2, 0.25) is 0 Å². The molecule has 1 rings (SSSR count). The molecule has 118 valence electrons. The number of hydrogen-bond acceptors (Lipinski definition) is 2. The molecular formula is C18H34O2. The van der Waals surface area contributed by atoms with E-state index in [1.807, 2.05) is 0 Å². The molecule has 0 saturated carbocycles. The lowest BCUT2D eigenvalue weighted by Crippen LogP contribution is -2.18. The highest BCUT2D eigenvalue weighted by Gasteiger charge is 2.16. The van der Waals surface area contributed by atoms with Gasteiger partial charge in [-0.2, -0.15) is 0 Å². The molecule has 20 heavy (non-hydrogen) atoms. The third-order valence-corrected chi connectivity index (χ3v) is 4.42. The van der Waals surface area contributed by atoms with Gasteiger partial charge in [-0.05, 0) is 25.2 Å². The minimum Gasteiger partial charge on any atom is -0.381 e. The lowest BCUT2D eigenvalue weighted by atomic mass is 9.92. The highest BCUT2D eigenvalue weighted by Crippen LogP contribution is 2.20. The van der Waals surface area contributed by atoms with Crippen LogP contribution in [0.4, 0.5) is 0 Å². The molecule has 0 amide bonds. The number of rotatable bonds is 12. The lowest BCUT2D eigenvalue weighted by Gasteiger charge is -2.21. The van der Waals surface area contributed by atoms with Crippen LogP contribution in [0.25, 0.3) is 0 Å². The van der Waals surface area contributed by atoms with E-state index < -0.39 is 0 Å². The summed E-state index contributed by atoms with van der Waals surface area (Å²) in [5.74, 6) is 1.09. The summed E-state index contributed by atoms with van der Waals surface area (Å²) in [4.78, 5) is 11.9. The minimum atomic E-state index is 0.486. The van der Waals surface area contributed by atoms with Crippen LogP contribution in [0.5, 0.6) is 0 Å². The fraction of sp³-hybridized carbons (Fsp3) is 0.944. The molecule has 1 heterocycles. The van der Waals surface area contributed by atoms with E-state index >= 15 is 0 Å². The van der Waals surface area contributed by atoms with Crippen molar-refractivity contribution in [2.24, 2.45) is 5.92 Å². The van der Waals surface area contributed by atoms with Gasteiger partial charge in [0.05, 0.1) is 0 Å². The van der Waals surface area contributed by atoms with Crippen LogP contribution in [-0.2, 0) is 9.53 Å². The number of carbonyl (C=O) groups excluding carboxylic acids is 1. The number of carbonyl (C=O) groups is 1. The van der Waals surface area contributed by atoms with Gasteiger partial charge in [0.15, 0.2) is 0 Å². The summed E-state index contributed by atoms with van der Waals surface area (Å²) < 4.78 is 5.33. The number of unbranched alkanes of at least 4 members (excludes halogenated alkanes) is 8. The first-order valence-corrected chi connectivity index (χ1v) is 8.92. The van der Waals surface area contributed by atoms with Crippen molar-refractivity contribution in [3.8, 4) is 0 Å². The van der Waals surface area contributed by atoms with Crippen molar-refractivity contribution in [3.63, 3.8) is 0 Å². The normalized spacial score (nSPS) is 16.4. The van der Waals surface area contributed by atoms with E-state index in [9.17, 15) is 4.79 Å². The van der Waals surface area contributed by atoms with Crippen molar-refractivity contribution in [1.82, 2.24) is 0 Å². The first-order chi connectivity index (χ1) is 9.83. The second-order valence-electron chi connectivity index (χ2n) is 6.38. The Kier molecular flexibility index (Phi) is 10.9. The van der Waals surface area contributed by atoms with Crippen molar-refractivity contribution in [3.05, 3.63) is 0 Å². The highest BCUT2D eigenvalue weighted by atomic mass is 16.5. The maximum absolute atomic E-state index is 11.9. The van der Waals surface area contributed by atoms with Crippen LogP contribution in [0.3, 0.4) is 0 Å². The minimum absolute atomic E-state index is 0.486. The highest BCUT2D eigenvalue weighted by molar-refractivity contribution is 5.78. The van der Waals surface area contributed by atoms with E-state index in [4.69, 9.17) is 4.74 Å². The van der Waals surface area contributed by atoms with Crippen LogP contribution in [0, 0.1) is 5.92 Å². The van der Waals surface area contributed by atoms with Crippen LogP contribution in [-0.4, -0.2) is 19.0 Å². The van der Waals surface area contributed by atoms with Gasteiger partial charge >= 0.3 is 0 Å². The second kappa shape index (κ2) is 12.4. The van der Waals surface area contributed by atoms with E-state index in [1.165, 1.54) is 51.4 Å². The van der Waals surface area contributed by atoms with Crippen LogP contribution < -0.4 is 0 Å². The van der Waals surface area contributed by atoms with E-state index in [-0.39, 0.29) is 0 Å². The predicted octanol–water partition coefficient (Wildman–Crippen LogP) is 5.29. The molecule has 0 aliphatic carbocycles. The molecule has 0 radical (unpaired) electrons. The summed E-state index contributed by atoms with van der Waals surface area (Å²) in [6.45, 7) is 3.98. The Morgan fingerprint density at radius 3 is 2.05 bits per heavy atom. The Labute approximate surface area is 125 Å². The van der Waals surface area contributed by atoms with Crippen molar-refractivity contribution < 1.29 is 9.53 Å². The summed E-state index contributed by atoms with van der Waals surface area (Å²) in [5.41, 5.74) is 0. The van der Waals surface area contributed by atoms with Crippen LogP contribution >= 0.6 is 0 Å². The van der Waals surface area contributed by atoms with Crippen molar-refractivity contribution in [1.29, 1.82) is 0 Å². The van der Waals surface area contributed by atoms with Gasteiger partial charge in [0.1, 0.15) is 5.78 Å². The van der Waals surface area contributed by atoms with Gasteiger partial charge < -0.3 is 4.74 Å². The molecule has 0 bridgehead atoms. The Hall–Kier alpha value is -0.370. The van der Waals surface area contributed by atoms with E-state index in [2.05, 4.69) is 6.92 Å². The molecule has 1 fully saturated rings. The van der Waals surface area contributed by atoms with Gasteiger partial charge in [-0.1, -0.05) is 58.3 Å². The number of ether oxygens (including phenoxy) is 1. The molecule has 1 saturated heterocycles. The standard InChI is InChI=1S/C18H34O2/c1-2-3-4-5-6-7-8-9-10-11-18(19)16-17-12-14-20-15-13-17/h17H,2-16H2,1H3. The third-order valence-electron chi connectivity index (χ3n) is 4.42. The molecule has 0 aromatic rings. The zero-order chi connectivity index (χ0) is 14.5. The molecule has 0 unspecified atom stereocenters. The zero-order valence-corrected chi connectivity index (χ0v) is 13.5. The molecule has 0 spiro atoms. The molecule has 0 atom stereocenters. The van der Waals surface area contributed by atoms with Crippen LogP contribution in [0.1, 0.15) is 90.4 Å². The van der Waals surface area contributed by atoms with Gasteiger partial charge in [0.2, 0.25) is 0 Å². The fourth-order valence-electron chi connectivity index (χ4n) is 3.01. The number of ketones is 1. The Morgan fingerprint density at radius 2 is 1.45 bits per heavy atom. The molecule has 2 heteroatoms. The summed E-state index contributed by atoms with van der Waals surface area (Å²) in [5, 5.41) is 0. The largest absolute Gasteiger partial charge is 0.381 e. The van der Waals surface area contributed by atoms with Gasteiger partial charge in [0.25, 0.3) is 0 Å². The van der Waals surface area contributed by atoms with Gasteiger partial charge in [-0.3, -0.25) is 4.79 Å². The fourth-order valence-corrected chi connectivity index (χ4v) is 3.01. The van der Waals surface area contributed by atoms with Gasteiger partial charge in [-0.25, -0.2) is 0 Å². The quantitative estimate of drug-likeness (QED) is 0.454. The van der Waals surface area contributed by atoms with Crippen molar-refractivity contribution in [2.45, 2.75) is 90.4 Å². The first kappa shape index (κ1) is 17.7. The summed E-state index contributed by atoms with van der Waals surface area (Å²) in [6.07, 6.45) is 15.7. The average molecular weight is 282 g/mol. The van der Waals surface area contributed by atoms with Crippen molar-refractivity contribution in [2.75, 3.05) is 13.2 Å². The molecule has 0 aromatic carbocycles. The van der Waals surface area contributed by atoms with Crippen molar-refractivity contribution >= 4 is 5.78 Å². The molecular weight excluding hydrogens is 248 g/mol. The summed E-state index contributed by atoms with van der Waals surface area (Å²) in [7, 11) is 0. The maximum atomic E-state index is 11.9. The second-order valence-corrected chi connectivity index (χ2v) is 6.38. The Balaban J connectivity index is 1.84. The zero-order valence-electron chi connectivity index (χ0n) is 13.5. The third kappa shape index (κ3) is 9.52. The maximum Gasteiger partial charge on any atom is 0.133 e. The Morgan fingerprint density at radius 1 is 0.900 bits per heavy atom. The van der Waals surface area contributed by atoms with E-state index in [1.54, 1.807) is 0 Å². The number of hydrogen-bond donors (Lipinski definition) is 0. The average Bonchev–Trinajstić information content (AvgIpc) is 2.46. The number of Topliss-reactive ketones (excluding diaryl/α,β-unsaturated/α-hetero) is 1. The van der Waals surface area contributed by atoms with E-state index in [0.717, 1.165) is 45.3 Å². The smallest absolute Gasteiger partial charge is 0.133 e. The van der Waals surface area contributed by atoms with Gasteiger partial charge in [0, 0.05) is 26.1 Å². The van der Waals surface area contributed by atoms with E-state index in [0.29, 0.717) is 11.7 Å². The van der Waals surface area contributed by atoms with Gasteiger partial charge in [-0.15, -0.1) is 0 Å². The summed E-state index contributed by atoms with van der Waals surface area (Å²) >= 11 is 0. The SMILES string of the molecule is CCCCCCCCCCCC(=O)CC1CCOCC1. The molecule has 1 aliphatic heterocycles. The Bertz CT molecular complexity index is 232. The van der Waals surface area contributed by atoms with Crippen LogP contribution in [0.15, 0.2) is 0 Å². The molecule has 0 N–H and O–H groups in total. The lowest BCUT2D eigenvalue weighted by molar-refractivity contribution is -0.120. The molecule has 0 aromatic heterocycles.